The average molecular weight is 420 g/mol. The Bertz CT molecular complexity index is 1090. The summed E-state index contributed by atoms with van der Waals surface area (Å²) in [6, 6.07) is 11.8. The Hall–Kier alpha value is -4.14. The number of benzene rings is 2. The smallest absolute Gasteiger partial charge is 0.254 e. The molecule has 0 radical (unpaired) electrons. The highest BCUT2D eigenvalue weighted by atomic mass is 16.5. The van der Waals surface area contributed by atoms with Crippen LogP contribution in [0, 0.1) is 13.8 Å². The van der Waals surface area contributed by atoms with Crippen LogP contribution in [0.15, 0.2) is 48.7 Å². The van der Waals surface area contributed by atoms with E-state index in [2.05, 4.69) is 20.6 Å². The largest absolute Gasteiger partial charge is 0.497 e. The summed E-state index contributed by atoms with van der Waals surface area (Å²) in [6.45, 7) is 3.93. The molecule has 0 fully saturated rings. The van der Waals surface area contributed by atoms with Crippen LogP contribution in [-0.4, -0.2) is 28.9 Å². The minimum atomic E-state index is -0.889. The fourth-order valence-electron chi connectivity index (χ4n) is 3.15. The van der Waals surface area contributed by atoms with Crippen LogP contribution in [0.2, 0.25) is 0 Å². The lowest BCUT2D eigenvalue weighted by molar-refractivity contribution is -0.118. The van der Waals surface area contributed by atoms with Crippen LogP contribution in [0.25, 0.3) is 0 Å². The number of primary amides is 2. The molecule has 1 atom stereocenters. The molecule has 0 aliphatic carbocycles. The maximum absolute atomic E-state index is 12.1. The van der Waals surface area contributed by atoms with Gasteiger partial charge in [0.25, 0.3) is 5.91 Å². The van der Waals surface area contributed by atoms with Gasteiger partial charge in [0.1, 0.15) is 23.2 Å². The first kappa shape index (κ1) is 21.6. The summed E-state index contributed by atoms with van der Waals surface area (Å²) in [7, 11) is 1.55. The normalized spacial score (nSPS) is 11.5. The number of aromatic nitrogens is 2. The number of hydrogen-bond donors (Lipinski definition) is 4. The fourth-order valence-corrected chi connectivity index (χ4v) is 3.15. The Morgan fingerprint density at radius 1 is 1.03 bits per heavy atom. The minimum Gasteiger partial charge on any atom is -0.497 e. The molecule has 0 bridgehead atoms. The van der Waals surface area contributed by atoms with Crippen LogP contribution in [0.1, 0.15) is 33.1 Å². The molecule has 0 aliphatic heterocycles. The van der Waals surface area contributed by atoms with Gasteiger partial charge < -0.3 is 26.8 Å². The summed E-state index contributed by atoms with van der Waals surface area (Å²) >= 11 is 0. The lowest BCUT2D eigenvalue weighted by Gasteiger charge is -2.17. The van der Waals surface area contributed by atoms with Gasteiger partial charge in [-0.25, -0.2) is 4.98 Å². The zero-order chi connectivity index (χ0) is 22.5. The van der Waals surface area contributed by atoms with E-state index in [0.717, 1.165) is 16.8 Å². The van der Waals surface area contributed by atoms with Gasteiger partial charge in [-0.1, -0.05) is 18.2 Å². The standard InChI is InChI=1S/C22H24N6O3/c1-12-8-13(2)10-15(9-12)26-21-17(19(23)29)11-25-22(28-21)27-18(20(24)30)14-4-6-16(31-3)7-5-14/h4-11,18H,1-3H3,(H2,23,29)(H2,24,30)(H2,25,26,27,28)/t18-/m1/s1. The van der Waals surface area contributed by atoms with Gasteiger partial charge in [-0.05, 0) is 54.8 Å². The molecular weight excluding hydrogens is 396 g/mol. The van der Waals surface area contributed by atoms with E-state index in [0.29, 0.717) is 11.3 Å². The number of carbonyl (C=O) groups is 2. The van der Waals surface area contributed by atoms with Crippen molar-refractivity contribution >= 4 is 29.3 Å². The molecule has 0 saturated carbocycles. The maximum atomic E-state index is 12.1. The Morgan fingerprint density at radius 2 is 1.68 bits per heavy atom. The van der Waals surface area contributed by atoms with Crippen LogP contribution in [-0.2, 0) is 4.79 Å². The number of ether oxygens (including phenoxy) is 1. The highest BCUT2D eigenvalue weighted by molar-refractivity contribution is 5.98. The number of methoxy groups -OCH3 is 1. The molecule has 0 spiro atoms. The number of rotatable bonds is 8. The van der Waals surface area contributed by atoms with Crippen molar-refractivity contribution in [3.8, 4) is 5.75 Å². The zero-order valence-corrected chi connectivity index (χ0v) is 17.5. The molecule has 31 heavy (non-hydrogen) atoms. The van der Waals surface area contributed by atoms with Crippen molar-refractivity contribution in [2.45, 2.75) is 19.9 Å². The predicted molar refractivity (Wildman–Crippen MR) is 118 cm³/mol. The van der Waals surface area contributed by atoms with Crippen molar-refractivity contribution < 1.29 is 14.3 Å². The molecule has 1 aromatic heterocycles. The van der Waals surface area contributed by atoms with Crippen molar-refractivity contribution in [1.82, 2.24) is 9.97 Å². The number of aryl methyl sites for hydroxylation is 2. The summed E-state index contributed by atoms with van der Waals surface area (Å²) < 4.78 is 5.14. The second-order valence-electron chi connectivity index (χ2n) is 7.07. The van der Waals surface area contributed by atoms with E-state index < -0.39 is 17.9 Å². The summed E-state index contributed by atoms with van der Waals surface area (Å²) in [6.07, 6.45) is 1.30. The molecule has 2 amide bonds. The minimum absolute atomic E-state index is 0.108. The number of hydrogen-bond acceptors (Lipinski definition) is 7. The van der Waals surface area contributed by atoms with Crippen molar-refractivity contribution in [2.24, 2.45) is 11.5 Å². The first-order valence-corrected chi connectivity index (χ1v) is 9.49. The molecule has 0 unspecified atom stereocenters. The van der Waals surface area contributed by atoms with Gasteiger partial charge >= 0.3 is 0 Å². The zero-order valence-electron chi connectivity index (χ0n) is 17.5. The van der Waals surface area contributed by atoms with E-state index in [9.17, 15) is 9.59 Å². The number of carbonyl (C=O) groups excluding carboxylic acids is 2. The third-order valence-corrected chi connectivity index (χ3v) is 4.55. The van der Waals surface area contributed by atoms with Gasteiger partial charge in [0.05, 0.1) is 7.11 Å². The van der Waals surface area contributed by atoms with Crippen LogP contribution in [0.5, 0.6) is 5.75 Å². The topological polar surface area (TPSA) is 145 Å². The van der Waals surface area contributed by atoms with E-state index in [4.69, 9.17) is 16.2 Å². The average Bonchev–Trinajstić information content (AvgIpc) is 2.71. The monoisotopic (exact) mass is 420 g/mol. The number of nitrogens with two attached hydrogens (primary N) is 2. The number of anilines is 3. The summed E-state index contributed by atoms with van der Waals surface area (Å²) in [4.78, 5) is 32.4. The summed E-state index contributed by atoms with van der Waals surface area (Å²) in [5.41, 5.74) is 14.6. The maximum Gasteiger partial charge on any atom is 0.254 e. The van der Waals surface area contributed by atoms with E-state index in [1.165, 1.54) is 6.20 Å². The first-order valence-electron chi connectivity index (χ1n) is 9.49. The quantitative estimate of drug-likeness (QED) is 0.438. The Labute approximate surface area is 179 Å². The lowest BCUT2D eigenvalue weighted by Crippen LogP contribution is -2.28. The molecule has 9 heteroatoms. The third-order valence-electron chi connectivity index (χ3n) is 4.55. The van der Waals surface area contributed by atoms with Gasteiger partial charge in [-0.3, -0.25) is 9.59 Å². The second-order valence-corrected chi connectivity index (χ2v) is 7.07. The SMILES string of the molecule is COc1ccc([C@@H](Nc2ncc(C(N)=O)c(Nc3cc(C)cc(C)c3)n2)C(N)=O)cc1. The van der Waals surface area contributed by atoms with E-state index >= 15 is 0 Å². The van der Waals surface area contributed by atoms with Crippen molar-refractivity contribution in [3.63, 3.8) is 0 Å². The van der Waals surface area contributed by atoms with E-state index in [1.807, 2.05) is 32.0 Å². The van der Waals surface area contributed by atoms with Crippen molar-refractivity contribution in [2.75, 3.05) is 17.7 Å². The molecule has 3 rings (SSSR count). The number of nitrogens with one attached hydrogen (secondary N) is 2. The highest BCUT2D eigenvalue weighted by Gasteiger charge is 2.20. The Balaban J connectivity index is 1.93. The summed E-state index contributed by atoms with van der Waals surface area (Å²) in [5, 5.41) is 6.03. The van der Waals surface area contributed by atoms with E-state index in [-0.39, 0.29) is 17.3 Å². The number of nitrogens with zero attached hydrogens (tertiary/aromatic N) is 2. The lowest BCUT2D eigenvalue weighted by atomic mass is 10.1. The van der Waals surface area contributed by atoms with Gasteiger partial charge in [-0.2, -0.15) is 4.98 Å². The molecule has 9 nitrogen and oxygen atoms in total. The van der Waals surface area contributed by atoms with E-state index in [1.54, 1.807) is 31.4 Å². The van der Waals surface area contributed by atoms with Gasteiger partial charge in [-0.15, -0.1) is 0 Å². The molecular formula is C22H24N6O3. The third kappa shape index (κ3) is 5.27. The van der Waals surface area contributed by atoms with Crippen molar-refractivity contribution in [1.29, 1.82) is 0 Å². The highest BCUT2D eigenvalue weighted by Crippen LogP contribution is 2.24. The molecule has 0 saturated heterocycles. The molecule has 6 N–H and O–H groups in total. The van der Waals surface area contributed by atoms with Crippen LogP contribution < -0.4 is 26.8 Å². The van der Waals surface area contributed by atoms with Crippen molar-refractivity contribution in [3.05, 3.63) is 70.9 Å². The first-order chi connectivity index (χ1) is 14.8. The van der Waals surface area contributed by atoms with Gasteiger partial charge in [0.2, 0.25) is 11.9 Å². The second kappa shape index (κ2) is 9.12. The Kier molecular flexibility index (Phi) is 6.35. The molecule has 0 aliphatic rings. The fraction of sp³-hybridized carbons (Fsp3) is 0.182. The van der Waals surface area contributed by atoms with Gasteiger partial charge in [0.15, 0.2) is 0 Å². The van der Waals surface area contributed by atoms with Crippen LogP contribution >= 0.6 is 0 Å². The van der Waals surface area contributed by atoms with Gasteiger partial charge in [0, 0.05) is 11.9 Å². The van der Waals surface area contributed by atoms with Crippen LogP contribution in [0.3, 0.4) is 0 Å². The predicted octanol–water partition coefficient (Wildman–Crippen LogP) is 2.58. The summed E-state index contributed by atoms with van der Waals surface area (Å²) in [5.74, 6) is -0.324. The van der Waals surface area contributed by atoms with Crippen LogP contribution in [0.4, 0.5) is 17.5 Å². The molecule has 1 heterocycles. The molecule has 160 valence electrons. The molecule has 3 aromatic rings. The number of amides is 2. The Morgan fingerprint density at radius 3 is 2.23 bits per heavy atom. The molecule has 2 aromatic carbocycles.